The van der Waals surface area contributed by atoms with E-state index in [-0.39, 0.29) is 10.8 Å². The minimum atomic E-state index is -3.61. The smallest absolute Gasteiger partial charge is 0.265 e. The topological polar surface area (TPSA) is 84.9 Å². The Labute approximate surface area is 189 Å². The summed E-state index contributed by atoms with van der Waals surface area (Å²) in [7, 11) is -2.12. The number of rotatable bonds is 7. The van der Waals surface area contributed by atoms with Gasteiger partial charge in [-0.1, -0.05) is 12.1 Å². The molecule has 0 spiro atoms. The van der Waals surface area contributed by atoms with Crippen molar-refractivity contribution in [3.63, 3.8) is 0 Å². The Balaban J connectivity index is 1.52. The second-order valence-corrected chi connectivity index (χ2v) is 10.3. The number of carbonyl (C=O) groups excluding carboxylic acids is 1. The van der Waals surface area contributed by atoms with Crippen molar-refractivity contribution < 1.29 is 22.7 Å². The van der Waals surface area contributed by atoms with Crippen molar-refractivity contribution >= 4 is 21.6 Å². The molecule has 1 atom stereocenters. The molecule has 32 heavy (non-hydrogen) atoms. The van der Waals surface area contributed by atoms with Crippen molar-refractivity contribution in [3.05, 3.63) is 47.5 Å². The van der Waals surface area contributed by atoms with E-state index in [1.807, 2.05) is 12.1 Å². The minimum absolute atomic E-state index is 0.140. The third kappa shape index (κ3) is 4.61. The molecule has 2 aliphatic rings. The molecule has 0 saturated carbocycles. The number of fused-ring (bicyclic) bond motifs is 1. The van der Waals surface area contributed by atoms with Gasteiger partial charge in [0.15, 0.2) is 6.10 Å². The molecule has 2 aromatic rings. The lowest BCUT2D eigenvalue weighted by atomic mass is 9.91. The maximum Gasteiger partial charge on any atom is 0.265 e. The van der Waals surface area contributed by atoms with E-state index in [4.69, 9.17) is 9.47 Å². The van der Waals surface area contributed by atoms with Gasteiger partial charge in [0.1, 0.15) is 11.5 Å². The number of nitrogens with zero attached hydrogens (tertiary/aromatic N) is 1. The largest absolute Gasteiger partial charge is 0.495 e. The molecule has 1 saturated heterocycles. The van der Waals surface area contributed by atoms with Crippen LogP contribution in [0.5, 0.6) is 11.5 Å². The number of aryl methyl sites for hydroxylation is 1. The zero-order valence-corrected chi connectivity index (χ0v) is 19.4. The molecule has 7 nitrogen and oxygen atoms in total. The van der Waals surface area contributed by atoms with E-state index in [1.54, 1.807) is 13.0 Å². The maximum absolute atomic E-state index is 12.9. The van der Waals surface area contributed by atoms with Gasteiger partial charge in [-0.15, -0.1) is 0 Å². The number of anilines is 1. The first-order valence-corrected chi connectivity index (χ1v) is 12.6. The second-order valence-electron chi connectivity index (χ2n) is 8.32. The zero-order valence-electron chi connectivity index (χ0n) is 18.6. The summed E-state index contributed by atoms with van der Waals surface area (Å²) in [6, 6.07) is 10.5. The number of sulfonamides is 1. The highest BCUT2D eigenvalue weighted by atomic mass is 32.2. The molecule has 0 bridgehead atoms. The number of carbonyl (C=O) groups is 1. The molecular formula is C24H30N2O5S. The number of hydrogen-bond donors (Lipinski definition) is 1. The minimum Gasteiger partial charge on any atom is -0.495 e. The van der Waals surface area contributed by atoms with Gasteiger partial charge in [-0.3, -0.25) is 4.79 Å². The molecule has 8 heteroatoms. The van der Waals surface area contributed by atoms with Crippen LogP contribution in [0.1, 0.15) is 43.7 Å². The molecule has 0 unspecified atom stereocenters. The first-order valence-electron chi connectivity index (χ1n) is 11.2. The molecule has 172 valence electrons. The Hall–Kier alpha value is -2.58. The molecule has 0 radical (unpaired) electrons. The van der Waals surface area contributed by atoms with Crippen LogP contribution >= 0.6 is 0 Å². The summed E-state index contributed by atoms with van der Waals surface area (Å²) in [5, 5.41) is 2.79. The number of benzene rings is 2. The fourth-order valence-electron chi connectivity index (χ4n) is 4.36. The highest BCUT2D eigenvalue weighted by molar-refractivity contribution is 7.89. The molecule has 1 aliphatic heterocycles. The lowest BCUT2D eigenvalue weighted by Crippen LogP contribution is -2.31. The van der Waals surface area contributed by atoms with Gasteiger partial charge in [0.2, 0.25) is 10.0 Å². The van der Waals surface area contributed by atoms with Crippen LogP contribution in [0.3, 0.4) is 0 Å². The highest BCUT2D eigenvalue weighted by Gasteiger charge is 2.28. The number of hydrogen-bond acceptors (Lipinski definition) is 5. The average molecular weight is 459 g/mol. The van der Waals surface area contributed by atoms with Gasteiger partial charge in [0.25, 0.3) is 5.91 Å². The number of amides is 1. The summed E-state index contributed by atoms with van der Waals surface area (Å²) in [4.78, 5) is 13.1. The van der Waals surface area contributed by atoms with E-state index < -0.39 is 16.1 Å². The quantitative estimate of drug-likeness (QED) is 0.683. The van der Waals surface area contributed by atoms with E-state index in [0.717, 1.165) is 37.9 Å². The van der Waals surface area contributed by atoms with E-state index in [0.29, 0.717) is 24.5 Å². The third-order valence-electron chi connectivity index (χ3n) is 6.16. The first-order chi connectivity index (χ1) is 15.4. The zero-order chi connectivity index (χ0) is 22.7. The van der Waals surface area contributed by atoms with Crippen molar-refractivity contribution in [2.75, 3.05) is 25.5 Å². The standard InChI is InChI=1S/C24H30N2O5S/c1-17(31-22-11-7-9-18-8-3-4-10-20(18)22)24(27)25-21-16-19(12-13-23(21)30-2)32(28,29)26-14-5-6-15-26/h7,9,11-13,16-17H,3-6,8,10,14-15H2,1-2H3,(H,25,27)/t17-/m0/s1. The molecule has 1 heterocycles. The molecule has 4 rings (SSSR count). The Kier molecular flexibility index (Phi) is 6.71. The van der Waals surface area contributed by atoms with E-state index in [2.05, 4.69) is 11.4 Å². The van der Waals surface area contributed by atoms with Crippen LogP contribution in [0.15, 0.2) is 41.3 Å². The highest BCUT2D eigenvalue weighted by Crippen LogP contribution is 2.32. The van der Waals surface area contributed by atoms with Crippen molar-refractivity contribution in [2.24, 2.45) is 0 Å². The summed E-state index contributed by atoms with van der Waals surface area (Å²) in [5.41, 5.74) is 2.76. The fourth-order valence-corrected chi connectivity index (χ4v) is 5.90. The van der Waals surface area contributed by atoms with Gasteiger partial charge >= 0.3 is 0 Å². The number of ether oxygens (including phenoxy) is 2. The monoisotopic (exact) mass is 458 g/mol. The van der Waals surface area contributed by atoms with E-state index in [1.165, 1.54) is 41.1 Å². The second kappa shape index (κ2) is 9.50. The Bertz CT molecular complexity index is 1090. The Morgan fingerprint density at radius 1 is 1.03 bits per heavy atom. The molecule has 0 aromatic heterocycles. The molecule has 1 fully saturated rings. The molecular weight excluding hydrogens is 428 g/mol. The van der Waals surface area contributed by atoms with Crippen LogP contribution < -0.4 is 14.8 Å². The molecule has 1 aliphatic carbocycles. The number of nitrogens with one attached hydrogen (secondary N) is 1. The summed E-state index contributed by atoms with van der Waals surface area (Å²) >= 11 is 0. The Morgan fingerprint density at radius 2 is 1.78 bits per heavy atom. The van der Waals surface area contributed by atoms with Crippen LogP contribution in [0.4, 0.5) is 5.69 Å². The lowest BCUT2D eigenvalue weighted by molar-refractivity contribution is -0.122. The van der Waals surface area contributed by atoms with Crippen molar-refractivity contribution in [1.82, 2.24) is 4.31 Å². The molecule has 1 N–H and O–H groups in total. The van der Waals surface area contributed by atoms with Gasteiger partial charge in [-0.25, -0.2) is 8.42 Å². The lowest BCUT2D eigenvalue weighted by Gasteiger charge is -2.22. The van der Waals surface area contributed by atoms with E-state index >= 15 is 0 Å². The predicted octanol–water partition coefficient (Wildman–Crippen LogP) is 3.76. The summed E-state index contributed by atoms with van der Waals surface area (Å²) in [6.45, 7) is 2.72. The van der Waals surface area contributed by atoms with Gasteiger partial charge in [0.05, 0.1) is 17.7 Å². The summed E-state index contributed by atoms with van der Waals surface area (Å²) < 4.78 is 38.7. The Morgan fingerprint density at radius 3 is 2.53 bits per heavy atom. The van der Waals surface area contributed by atoms with Crippen molar-refractivity contribution in [3.8, 4) is 11.5 Å². The molecule has 1 amide bonds. The SMILES string of the molecule is COc1ccc(S(=O)(=O)N2CCCC2)cc1NC(=O)[C@H](C)Oc1cccc2c1CCCC2. The third-order valence-corrected chi connectivity index (χ3v) is 8.05. The maximum atomic E-state index is 12.9. The summed E-state index contributed by atoms with van der Waals surface area (Å²) in [6.07, 6.45) is 5.22. The van der Waals surface area contributed by atoms with Crippen LogP contribution in [0.2, 0.25) is 0 Å². The van der Waals surface area contributed by atoms with Crippen LogP contribution in [-0.2, 0) is 27.7 Å². The van der Waals surface area contributed by atoms with Crippen LogP contribution in [-0.4, -0.2) is 44.9 Å². The van der Waals surface area contributed by atoms with Gasteiger partial charge in [-0.2, -0.15) is 4.31 Å². The normalized spacial score (nSPS) is 17.4. The van der Waals surface area contributed by atoms with Gasteiger partial charge in [-0.05, 0) is 80.8 Å². The predicted molar refractivity (Wildman–Crippen MR) is 123 cm³/mol. The van der Waals surface area contributed by atoms with E-state index in [9.17, 15) is 13.2 Å². The summed E-state index contributed by atoms with van der Waals surface area (Å²) in [5.74, 6) is 0.762. The number of methoxy groups -OCH3 is 1. The van der Waals surface area contributed by atoms with Gasteiger partial charge < -0.3 is 14.8 Å². The van der Waals surface area contributed by atoms with Crippen molar-refractivity contribution in [1.29, 1.82) is 0 Å². The van der Waals surface area contributed by atoms with Crippen LogP contribution in [0, 0.1) is 0 Å². The fraction of sp³-hybridized carbons (Fsp3) is 0.458. The first kappa shape index (κ1) is 22.6. The average Bonchev–Trinajstić information content (AvgIpc) is 3.35. The molecule has 2 aromatic carbocycles. The van der Waals surface area contributed by atoms with Crippen molar-refractivity contribution in [2.45, 2.75) is 56.4 Å². The van der Waals surface area contributed by atoms with Gasteiger partial charge in [0, 0.05) is 13.1 Å². The van der Waals surface area contributed by atoms with Crippen LogP contribution in [0.25, 0.3) is 0 Å².